The van der Waals surface area contributed by atoms with E-state index in [1.54, 1.807) is 24.7 Å². The SMILES string of the molecule is CCCS(=O)(=O)Nc1ccc(N(C)CCc2ccncc2)cn1. The molecule has 0 aliphatic rings. The van der Waals surface area contributed by atoms with E-state index in [-0.39, 0.29) is 5.75 Å². The summed E-state index contributed by atoms with van der Waals surface area (Å²) >= 11 is 0. The van der Waals surface area contributed by atoms with Gasteiger partial charge in [0.15, 0.2) is 0 Å². The second-order valence-corrected chi connectivity index (χ2v) is 7.19. The van der Waals surface area contributed by atoms with Crippen molar-refractivity contribution in [3.05, 3.63) is 48.4 Å². The first kappa shape index (κ1) is 17.2. The number of nitrogens with zero attached hydrogens (tertiary/aromatic N) is 3. The molecule has 1 N–H and O–H groups in total. The van der Waals surface area contributed by atoms with Crippen LogP contribution in [0.5, 0.6) is 0 Å². The van der Waals surface area contributed by atoms with Crippen LogP contribution in [0.4, 0.5) is 11.5 Å². The Labute approximate surface area is 137 Å². The summed E-state index contributed by atoms with van der Waals surface area (Å²) < 4.78 is 25.9. The molecule has 0 atom stereocenters. The van der Waals surface area contributed by atoms with E-state index in [1.165, 1.54) is 5.56 Å². The quantitative estimate of drug-likeness (QED) is 0.802. The van der Waals surface area contributed by atoms with Gasteiger partial charge in [-0.15, -0.1) is 0 Å². The lowest BCUT2D eigenvalue weighted by atomic mass is 10.2. The molecule has 0 aliphatic heterocycles. The van der Waals surface area contributed by atoms with Crippen LogP contribution in [0.2, 0.25) is 0 Å². The number of anilines is 2. The molecule has 0 bridgehead atoms. The maximum atomic E-state index is 11.7. The molecule has 0 spiro atoms. The standard InChI is InChI=1S/C16H22N4O2S/c1-3-12-23(21,22)19-16-5-4-15(13-18-16)20(2)11-8-14-6-9-17-10-7-14/h4-7,9-10,13H,3,8,11-12H2,1-2H3,(H,18,19). The summed E-state index contributed by atoms with van der Waals surface area (Å²) in [4.78, 5) is 10.3. The molecule has 2 aromatic heterocycles. The topological polar surface area (TPSA) is 75.2 Å². The summed E-state index contributed by atoms with van der Waals surface area (Å²) in [5.41, 5.74) is 2.17. The number of pyridine rings is 2. The van der Waals surface area contributed by atoms with Crippen LogP contribution in [0, 0.1) is 0 Å². The Bertz CT molecular complexity index is 703. The van der Waals surface area contributed by atoms with Crippen LogP contribution >= 0.6 is 0 Å². The van der Waals surface area contributed by atoms with E-state index < -0.39 is 10.0 Å². The fraction of sp³-hybridized carbons (Fsp3) is 0.375. The first-order valence-electron chi connectivity index (χ1n) is 7.57. The number of aromatic nitrogens is 2. The van der Waals surface area contributed by atoms with E-state index in [4.69, 9.17) is 0 Å². The minimum absolute atomic E-state index is 0.0995. The average molecular weight is 334 g/mol. The van der Waals surface area contributed by atoms with Crippen LogP contribution in [0.1, 0.15) is 18.9 Å². The van der Waals surface area contributed by atoms with E-state index in [9.17, 15) is 8.42 Å². The third kappa shape index (κ3) is 5.52. The number of nitrogens with one attached hydrogen (secondary N) is 1. The van der Waals surface area contributed by atoms with Gasteiger partial charge in [-0.2, -0.15) is 0 Å². The van der Waals surface area contributed by atoms with Gasteiger partial charge in [0, 0.05) is 26.0 Å². The van der Waals surface area contributed by atoms with Crippen molar-refractivity contribution in [3.8, 4) is 0 Å². The van der Waals surface area contributed by atoms with E-state index in [1.807, 2.05) is 32.2 Å². The van der Waals surface area contributed by atoms with Crippen LogP contribution in [0.25, 0.3) is 0 Å². The largest absolute Gasteiger partial charge is 0.373 e. The second kappa shape index (κ2) is 7.92. The number of hydrogen-bond acceptors (Lipinski definition) is 5. The summed E-state index contributed by atoms with van der Waals surface area (Å²) in [6, 6.07) is 7.55. The summed E-state index contributed by atoms with van der Waals surface area (Å²) in [7, 11) is -1.31. The van der Waals surface area contributed by atoms with Crippen LogP contribution < -0.4 is 9.62 Å². The Balaban J connectivity index is 1.93. The van der Waals surface area contributed by atoms with E-state index in [0.717, 1.165) is 18.7 Å². The van der Waals surface area contributed by atoms with Gasteiger partial charge in [0.1, 0.15) is 5.82 Å². The average Bonchev–Trinajstić information content (AvgIpc) is 2.54. The molecule has 0 saturated carbocycles. The van der Waals surface area contributed by atoms with E-state index >= 15 is 0 Å². The van der Waals surface area contributed by atoms with Gasteiger partial charge < -0.3 is 4.90 Å². The highest BCUT2D eigenvalue weighted by Gasteiger charge is 2.10. The molecule has 0 saturated heterocycles. The zero-order chi connectivity index (χ0) is 16.7. The third-order valence-electron chi connectivity index (χ3n) is 3.41. The number of rotatable bonds is 8. The zero-order valence-corrected chi connectivity index (χ0v) is 14.3. The lowest BCUT2D eigenvalue weighted by Gasteiger charge is -2.19. The van der Waals surface area contributed by atoms with Crippen LogP contribution in [0.3, 0.4) is 0 Å². The van der Waals surface area contributed by atoms with Gasteiger partial charge in [-0.1, -0.05) is 6.92 Å². The van der Waals surface area contributed by atoms with E-state index in [0.29, 0.717) is 12.2 Å². The number of likely N-dealkylation sites (N-methyl/N-ethyl adjacent to an activating group) is 1. The smallest absolute Gasteiger partial charge is 0.233 e. The predicted octanol–water partition coefficient (Wildman–Crippen LogP) is 2.31. The molecule has 0 radical (unpaired) electrons. The Morgan fingerprint density at radius 1 is 1.17 bits per heavy atom. The van der Waals surface area contributed by atoms with Crippen molar-refractivity contribution in [2.24, 2.45) is 0 Å². The summed E-state index contributed by atoms with van der Waals surface area (Å²) in [6.45, 7) is 2.67. The predicted molar refractivity (Wildman–Crippen MR) is 93.1 cm³/mol. The normalized spacial score (nSPS) is 11.2. The maximum Gasteiger partial charge on any atom is 0.233 e. The molecule has 0 amide bonds. The van der Waals surface area contributed by atoms with Gasteiger partial charge in [-0.3, -0.25) is 9.71 Å². The minimum Gasteiger partial charge on any atom is -0.373 e. The van der Waals surface area contributed by atoms with Crippen molar-refractivity contribution < 1.29 is 8.42 Å². The van der Waals surface area contributed by atoms with Gasteiger partial charge in [-0.25, -0.2) is 13.4 Å². The molecule has 0 aliphatic carbocycles. The van der Waals surface area contributed by atoms with Gasteiger partial charge in [0.25, 0.3) is 0 Å². The Hall–Kier alpha value is -2.15. The molecule has 6 nitrogen and oxygen atoms in total. The van der Waals surface area contributed by atoms with Crippen molar-refractivity contribution in [2.75, 3.05) is 29.0 Å². The molecule has 0 fully saturated rings. The highest BCUT2D eigenvalue weighted by Crippen LogP contribution is 2.15. The van der Waals surface area contributed by atoms with Gasteiger partial charge in [0.05, 0.1) is 17.6 Å². The second-order valence-electron chi connectivity index (χ2n) is 5.35. The zero-order valence-electron chi connectivity index (χ0n) is 13.4. The lowest BCUT2D eigenvalue weighted by Crippen LogP contribution is -2.21. The maximum absolute atomic E-state index is 11.7. The highest BCUT2D eigenvalue weighted by atomic mass is 32.2. The lowest BCUT2D eigenvalue weighted by molar-refractivity contribution is 0.599. The van der Waals surface area contributed by atoms with Crippen LogP contribution in [-0.4, -0.2) is 37.7 Å². The fourth-order valence-corrected chi connectivity index (χ4v) is 3.21. The first-order valence-corrected chi connectivity index (χ1v) is 9.22. The number of hydrogen-bond donors (Lipinski definition) is 1. The van der Waals surface area contributed by atoms with Crippen molar-refractivity contribution in [3.63, 3.8) is 0 Å². The Morgan fingerprint density at radius 2 is 1.91 bits per heavy atom. The third-order valence-corrected chi connectivity index (χ3v) is 4.87. The van der Waals surface area contributed by atoms with Crippen molar-refractivity contribution in [2.45, 2.75) is 19.8 Å². The molecule has 2 heterocycles. The fourth-order valence-electron chi connectivity index (χ4n) is 2.13. The van der Waals surface area contributed by atoms with Crippen molar-refractivity contribution in [1.82, 2.24) is 9.97 Å². The van der Waals surface area contributed by atoms with Gasteiger partial charge in [0.2, 0.25) is 10.0 Å². The molecule has 2 aromatic rings. The van der Waals surface area contributed by atoms with Gasteiger partial charge in [-0.05, 0) is 42.7 Å². The summed E-state index contributed by atoms with van der Waals surface area (Å²) in [6.07, 6.45) is 6.73. The monoisotopic (exact) mass is 334 g/mol. The molecular weight excluding hydrogens is 312 g/mol. The first-order chi connectivity index (χ1) is 11.0. The molecule has 0 aromatic carbocycles. The van der Waals surface area contributed by atoms with Crippen molar-refractivity contribution in [1.29, 1.82) is 0 Å². The van der Waals surface area contributed by atoms with E-state index in [2.05, 4.69) is 19.6 Å². The molecule has 124 valence electrons. The molecular formula is C16H22N4O2S. The molecule has 2 rings (SSSR count). The van der Waals surface area contributed by atoms with Gasteiger partial charge >= 0.3 is 0 Å². The molecule has 23 heavy (non-hydrogen) atoms. The Kier molecular flexibility index (Phi) is 5.92. The van der Waals surface area contributed by atoms with Crippen LogP contribution in [-0.2, 0) is 16.4 Å². The van der Waals surface area contributed by atoms with Crippen molar-refractivity contribution >= 4 is 21.5 Å². The minimum atomic E-state index is -3.30. The summed E-state index contributed by atoms with van der Waals surface area (Å²) in [5, 5.41) is 0. The van der Waals surface area contributed by atoms with Crippen LogP contribution in [0.15, 0.2) is 42.9 Å². The Morgan fingerprint density at radius 3 is 2.52 bits per heavy atom. The number of sulfonamides is 1. The highest BCUT2D eigenvalue weighted by molar-refractivity contribution is 7.92. The molecule has 7 heteroatoms. The summed E-state index contributed by atoms with van der Waals surface area (Å²) in [5.74, 6) is 0.451. The molecule has 0 unspecified atom stereocenters.